The minimum absolute atomic E-state index is 0.182. The summed E-state index contributed by atoms with van der Waals surface area (Å²) >= 11 is 0. The Morgan fingerprint density at radius 1 is 0.905 bits per heavy atom. The van der Waals surface area contributed by atoms with Gasteiger partial charge in [0.1, 0.15) is 0 Å². The molecule has 0 radical (unpaired) electrons. The van der Waals surface area contributed by atoms with Crippen molar-refractivity contribution < 1.29 is 4.79 Å². The fraction of sp³-hybridized carbons (Fsp3) is 0.737. The SMILES string of the molecule is CC1=C(C)C(C)(C)C(=O)N(C(C)C)C(C(C)C)=C1C(C)C. The van der Waals surface area contributed by atoms with Gasteiger partial charge >= 0.3 is 0 Å². The van der Waals surface area contributed by atoms with Gasteiger partial charge in [0.05, 0.1) is 5.41 Å². The molecule has 0 bridgehead atoms. The van der Waals surface area contributed by atoms with Gasteiger partial charge in [-0.2, -0.15) is 0 Å². The molecule has 1 heterocycles. The first-order valence-electron chi connectivity index (χ1n) is 8.20. The molecule has 0 spiro atoms. The second-order valence-electron chi connectivity index (χ2n) is 7.75. The minimum atomic E-state index is -0.439. The lowest BCUT2D eigenvalue weighted by Crippen LogP contribution is -2.45. The maximum Gasteiger partial charge on any atom is 0.236 e. The lowest BCUT2D eigenvalue weighted by atomic mass is 9.79. The molecule has 1 aliphatic heterocycles. The van der Waals surface area contributed by atoms with Crippen molar-refractivity contribution in [1.82, 2.24) is 4.90 Å². The Morgan fingerprint density at radius 3 is 1.71 bits per heavy atom. The number of allylic oxidation sites excluding steroid dienone is 3. The van der Waals surface area contributed by atoms with Gasteiger partial charge in [0.25, 0.3) is 0 Å². The normalized spacial score (nSPS) is 20.2. The topological polar surface area (TPSA) is 20.3 Å². The number of rotatable bonds is 3. The van der Waals surface area contributed by atoms with Crippen molar-refractivity contribution in [2.24, 2.45) is 17.3 Å². The molecule has 0 unspecified atom stereocenters. The molecule has 1 rings (SSSR count). The summed E-state index contributed by atoms with van der Waals surface area (Å²) in [6.07, 6.45) is 0. The first-order chi connectivity index (χ1) is 9.44. The zero-order valence-corrected chi connectivity index (χ0v) is 15.6. The molecule has 2 nitrogen and oxygen atoms in total. The van der Waals surface area contributed by atoms with E-state index in [1.165, 1.54) is 22.4 Å². The molecule has 21 heavy (non-hydrogen) atoms. The molecule has 0 aromatic rings. The Labute approximate surface area is 131 Å². The van der Waals surface area contributed by atoms with Crippen molar-refractivity contribution in [1.29, 1.82) is 0 Å². The number of hydrogen-bond donors (Lipinski definition) is 0. The van der Waals surface area contributed by atoms with Crippen LogP contribution in [0.2, 0.25) is 0 Å². The zero-order valence-electron chi connectivity index (χ0n) is 15.6. The Hall–Kier alpha value is -1.05. The third-order valence-electron chi connectivity index (χ3n) is 4.83. The van der Waals surface area contributed by atoms with E-state index < -0.39 is 5.41 Å². The van der Waals surface area contributed by atoms with E-state index in [2.05, 4.69) is 74.1 Å². The molecule has 2 heteroatoms. The molecule has 0 N–H and O–H groups in total. The highest BCUT2D eigenvalue weighted by Crippen LogP contribution is 2.43. The number of carbonyl (C=O) groups is 1. The van der Waals surface area contributed by atoms with Gasteiger partial charge in [0.15, 0.2) is 0 Å². The highest BCUT2D eigenvalue weighted by atomic mass is 16.2. The maximum absolute atomic E-state index is 13.2. The van der Waals surface area contributed by atoms with E-state index in [4.69, 9.17) is 0 Å². The molecule has 0 aliphatic carbocycles. The lowest BCUT2D eigenvalue weighted by Gasteiger charge is -2.37. The van der Waals surface area contributed by atoms with Crippen LogP contribution in [0, 0.1) is 17.3 Å². The Kier molecular flexibility index (Phi) is 5.13. The molecular formula is C19H33NO. The predicted molar refractivity (Wildman–Crippen MR) is 90.8 cm³/mol. The molecule has 0 saturated heterocycles. The average molecular weight is 291 g/mol. The van der Waals surface area contributed by atoms with Gasteiger partial charge in [-0.1, -0.05) is 33.3 Å². The lowest BCUT2D eigenvalue weighted by molar-refractivity contribution is -0.138. The summed E-state index contributed by atoms with van der Waals surface area (Å²) in [6.45, 7) is 21.5. The van der Waals surface area contributed by atoms with Crippen LogP contribution in [-0.4, -0.2) is 16.8 Å². The second-order valence-corrected chi connectivity index (χ2v) is 7.75. The van der Waals surface area contributed by atoms with Gasteiger partial charge in [-0.15, -0.1) is 0 Å². The molecule has 0 atom stereocenters. The maximum atomic E-state index is 13.2. The van der Waals surface area contributed by atoms with Crippen molar-refractivity contribution in [3.05, 3.63) is 22.4 Å². The quantitative estimate of drug-likeness (QED) is 0.703. The van der Waals surface area contributed by atoms with Crippen LogP contribution in [0.25, 0.3) is 0 Å². The van der Waals surface area contributed by atoms with Crippen LogP contribution in [0.5, 0.6) is 0 Å². The first-order valence-corrected chi connectivity index (χ1v) is 8.20. The molecule has 0 saturated carbocycles. The van der Waals surface area contributed by atoms with E-state index in [0.29, 0.717) is 11.8 Å². The van der Waals surface area contributed by atoms with E-state index in [0.717, 1.165) is 0 Å². The fourth-order valence-corrected chi connectivity index (χ4v) is 3.39. The van der Waals surface area contributed by atoms with Gasteiger partial charge < -0.3 is 4.90 Å². The minimum Gasteiger partial charge on any atom is -0.312 e. The molecule has 1 aliphatic rings. The largest absolute Gasteiger partial charge is 0.312 e. The Bertz CT molecular complexity index is 490. The van der Waals surface area contributed by atoms with E-state index in [1.54, 1.807) is 0 Å². The fourth-order valence-electron chi connectivity index (χ4n) is 3.39. The standard InChI is InChI=1S/C19H33NO/c1-11(2)16-14(7)15(8)19(9,10)18(21)20(13(5)6)17(16)12(3)4/h11-13H,1-10H3. The summed E-state index contributed by atoms with van der Waals surface area (Å²) in [5.74, 6) is 0.986. The van der Waals surface area contributed by atoms with Crippen LogP contribution >= 0.6 is 0 Å². The highest BCUT2D eigenvalue weighted by molar-refractivity contribution is 5.88. The van der Waals surface area contributed by atoms with Crippen molar-refractivity contribution in [2.75, 3.05) is 0 Å². The van der Waals surface area contributed by atoms with E-state index in [9.17, 15) is 4.79 Å². The van der Waals surface area contributed by atoms with Gasteiger partial charge in [-0.3, -0.25) is 4.79 Å². The average Bonchev–Trinajstić information content (AvgIpc) is 2.39. The molecule has 1 amide bonds. The number of carbonyl (C=O) groups excluding carboxylic acids is 1. The smallest absolute Gasteiger partial charge is 0.236 e. The second kappa shape index (κ2) is 5.98. The number of hydrogen-bond acceptors (Lipinski definition) is 1. The van der Waals surface area contributed by atoms with Crippen molar-refractivity contribution >= 4 is 5.91 Å². The highest BCUT2D eigenvalue weighted by Gasteiger charge is 2.41. The summed E-state index contributed by atoms with van der Waals surface area (Å²) in [5.41, 5.74) is 4.64. The van der Waals surface area contributed by atoms with Crippen LogP contribution in [0.4, 0.5) is 0 Å². The Balaban J connectivity index is 3.81. The molecular weight excluding hydrogens is 258 g/mol. The van der Waals surface area contributed by atoms with Crippen LogP contribution in [-0.2, 0) is 4.79 Å². The van der Waals surface area contributed by atoms with E-state index in [1.807, 2.05) is 0 Å². The van der Waals surface area contributed by atoms with Crippen molar-refractivity contribution in [3.63, 3.8) is 0 Å². The summed E-state index contributed by atoms with van der Waals surface area (Å²) in [5, 5.41) is 0. The van der Waals surface area contributed by atoms with Crippen molar-refractivity contribution in [2.45, 2.75) is 75.3 Å². The summed E-state index contributed by atoms with van der Waals surface area (Å²) in [4.78, 5) is 15.3. The molecule has 0 aromatic heterocycles. The van der Waals surface area contributed by atoms with Crippen LogP contribution < -0.4 is 0 Å². The first kappa shape index (κ1) is 18.0. The number of nitrogens with zero attached hydrogens (tertiary/aromatic N) is 1. The van der Waals surface area contributed by atoms with E-state index in [-0.39, 0.29) is 11.9 Å². The van der Waals surface area contributed by atoms with Crippen LogP contribution in [0.1, 0.15) is 69.2 Å². The summed E-state index contributed by atoms with van der Waals surface area (Å²) in [7, 11) is 0. The van der Waals surface area contributed by atoms with Gasteiger partial charge in [-0.25, -0.2) is 0 Å². The van der Waals surface area contributed by atoms with Crippen LogP contribution in [0.15, 0.2) is 22.4 Å². The van der Waals surface area contributed by atoms with Gasteiger partial charge in [-0.05, 0) is 64.5 Å². The predicted octanol–water partition coefficient (Wildman–Crippen LogP) is 5.17. The monoisotopic (exact) mass is 291 g/mol. The molecule has 0 aromatic carbocycles. The number of amides is 1. The molecule has 0 fully saturated rings. The zero-order chi connectivity index (χ0) is 16.7. The summed E-state index contributed by atoms with van der Waals surface area (Å²) in [6, 6.07) is 0.182. The Morgan fingerprint density at radius 2 is 1.38 bits per heavy atom. The van der Waals surface area contributed by atoms with E-state index >= 15 is 0 Å². The van der Waals surface area contributed by atoms with Crippen molar-refractivity contribution in [3.8, 4) is 0 Å². The van der Waals surface area contributed by atoms with Gasteiger partial charge in [0.2, 0.25) is 5.91 Å². The van der Waals surface area contributed by atoms with Crippen LogP contribution in [0.3, 0.4) is 0 Å². The van der Waals surface area contributed by atoms with Gasteiger partial charge in [0, 0.05) is 11.7 Å². The third kappa shape index (κ3) is 2.95. The molecule has 120 valence electrons. The summed E-state index contributed by atoms with van der Waals surface area (Å²) < 4.78 is 0. The third-order valence-corrected chi connectivity index (χ3v) is 4.83.